The maximum Gasteiger partial charge on any atom is 0.416 e. The highest BCUT2D eigenvalue weighted by Gasteiger charge is 2.40. The Kier molecular flexibility index (Phi) is 12.2. The lowest BCUT2D eigenvalue weighted by atomic mass is 9.76. The second-order valence-corrected chi connectivity index (χ2v) is 14.3. The molecule has 45 heavy (non-hydrogen) atoms. The van der Waals surface area contributed by atoms with Gasteiger partial charge in [0.2, 0.25) is 21.8 Å². The molecule has 0 aromatic heterocycles. The molecule has 2 atom stereocenters. The number of hydrogen-bond acceptors (Lipinski definition) is 6. The normalized spacial score (nSPS) is 14.3. The van der Waals surface area contributed by atoms with Crippen molar-refractivity contribution in [2.75, 3.05) is 20.6 Å². The lowest BCUT2D eigenvalue weighted by Gasteiger charge is -2.38. The highest BCUT2D eigenvalue weighted by molar-refractivity contribution is 7.89. The third-order valence-corrected chi connectivity index (χ3v) is 8.66. The molecule has 3 N–H and O–H groups in total. The second-order valence-electron chi connectivity index (χ2n) is 12.6. The topological polar surface area (TPSA) is 125 Å². The zero-order chi connectivity index (χ0) is 34.4. The molecule has 0 aliphatic heterocycles. The quantitative estimate of drug-likeness (QED) is 0.296. The molecule has 9 nitrogen and oxygen atoms in total. The van der Waals surface area contributed by atoms with Crippen LogP contribution in [0.15, 0.2) is 66.2 Å². The molecule has 13 heteroatoms. The van der Waals surface area contributed by atoms with Gasteiger partial charge >= 0.3 is 6.18 Å². The summed E-state index contributed by atoms with van der Waals surface area (Å²) in [5.74, 6) is -2.62. The van der Waals surface area contributed by atoms with Crippen molar-refractivity contribution >= 4 is 27.7 Å². The Bertz CT molecular complexity index is 1500. The summed E-state index contributed by atoms with van der Waals surface area (Å²) in [7, 11) is -1.16. The number of carbonyl (C=O) groups is 3. The molecule has 0 saturated heterocycles. The van der Waals surface area contributed by atoms with Gasteiger partial charge in [-0.2, -0.15) is 13.2 Å². The lowest BCUT2D eigenvalue weighted by Crippen LogP contribution is -2.60. The number of halogens is 3. The van der Waals surface area contributed by atoms with Crippen molar-refractivity contribution in [2.24, 2.45) is 5.41 Å². The van der Waals surface area contributed by atoms with E-state index in [1.54, 1.807) is 7.05 Å². The van der Waals surface area contributed by atoms with E-state index >= 15 is 0 Å². The Balaban J connectivity index is 2.13. The first-order valence-corrected chi connectivity index (χ1v) is 15.9. The van der Waals surface area contributed by atoms with Gasteiger partial charge in [0.05, 0.1) is 17.4 Å². The molecule has 0 heterocycles. The van der Waals surface area contributed by atoms with Crippen LogP contribution in [-0.2, 0) is 41.8 Å². The van der Waals surface area contributed by atoms with E-state index in [1.165, 1.54) is 31.0 Å². The summed E-state index contributed by atoms with van der Waals surface area (Å²) >= 11 is 0. The van der Waals surface area contributed by atoms with Gasteiger partial charge in [0.15, 0.2) is 0 Å². The number of hydrogen-bond donors (Lipinski definition) is 3. The van der Waals surface area contributed by atoms with Gasteiger partial charge in [-0.25, -0.2) is 13.1 Å². The van der Waals surface area contributed by atoms with Crippen LogP contribution < -0.4 is 15.4 Å². The standard InChI is InChI=1S/C32H43F3N4O5S/c1-21(27(40)38-45(43,44)20-22-13-12-16-24(19-22)32(33,34)35)17-18-39(8)29(42)26(30(2,3)4)37-28(41)25(36-7)31(5,6)23-14-10-9-11-15-23/h9-17,19,25-26,36H,18,20H2,1-8H3,(H,37,41)(H,38,40)/b21-17+/t25-,26?/m1/s1. The van der Waals surface area contributed by atoms with Gasteiger partial charge in [0.1, 0.15) is 6.04 Å². The molecular weight excluding hydrogens is 609 g/mol. The molecule has 248 valence electrons. The van der Waals surface area contributed by atoms with E-state index in [2.05, 4.69) is 10.6 Å². The van der Waals surface area contributed by atoms with Crippen molar-refractivity contribution in [3.05, 3.63) is 82.9 Å². The van der Waals surface area contributed by atoms with E-state index in [-0.39, 0.29) is 23.6 Å². The van der Waals surface area contributed by atoms with Crippen LogP contribution in [0.2, 0.25) is 0 Å². The number of likely N-dealkylation sites (N-methyl/N-ethyl adjacent to an activating group) is 2. The molecule has 2 aromatic rings. The molecule has 0 bridgehead atoms. The zero-order valence-corrected chi connectivity index (χ0v) is 27.7. The Labute approximate surface area is 263 Å². The van der Waals surface area contributed by atoms with Gasteiger partial charge in [-0.05, 0) is 36.6 Å². The number of sulfonamides is 1. The first kappa shape index (κ1) is 37.5. The van der Waals surface area contributed by atoms with Crippen molar-refractivity contribution in [3.63, 3.8) is 0 Å². The van der Waals surface area contributed by atoms with Crippen molar-refractivity contribution in [3.8, 4) is 0 Å². The number of amides is 3. The predicted octanol–water partition coefficient (Wildman–Crippen LogP) is 4.15. The Morgan fingerprint density at radius 2 is 1.49 bits per heavy atom. The largest absolute Gasteiger partial charge is 0.416 e. The fourth-order valence-electron chi connectivity index (χ4n) is 4.72. The fraction of sp³-hybridized carbons (Fsp3) is 0.469. The third kappa shape index (κ3) is 10.4. The number of carbonyl (C=O) groups excluding carboxylic acids is 3. The molecule has 1 unspecified atom stereocenters. The predicted molar refractivity (Wildman–Crippen MR) is 167 cm³/mol. The van der Waals surface area contributed by atoms with Crippen LogP contribution in [-0.4, -0.2) is 63.8 Å². The van der Waals surface area contributed by atoms with Crippen molar-refractivity contribution in [1.29, 1.82) is 0 Å². The van der Waals surface area contributed by atoms with Crippen LogP contribution in [0.3, 0.4) is 0 Å². The van der Waals surface area contributed by atoms with Crippen LogP contribution in [0.25, 0.3) is 0 Å². The van der Waals surface area contributed by atoms with E-state index in [1.807, 2.05) is 69.7 Å². The molecule has 2 aromatic carbocycles. The first-order chi connectivity index (χ1) is 20.6. The van der Waals surface area contributed by atoms with E-state index < -0.39 is 62.2 Å². The van der Waals surface area contributed by atoms with E-state index in [9.17, 15) is 36.0 Å². The van der Waals surface area contributed by atoms with Gasteiger partial charge in [0, 0.05) is 24.6 Å². The highest BCUT2D eigenvalue weighted by Crippen LogP contribution is 2.30. The molecule has 0 radical (unpaired) electrons. The summed E-state index contributed by atoms with van der Waals surface area (Å²) in [6.45, 7) is 10.6. The number of rotatable bonds is 12. The van der Waals surface area contributed by atoms with Gasteiger partial charge in [0.25, 0.3) is 5.91 Å². The molecule has 0 aliphatic carbocycles. The number of nitrogens with one attached hydrogen (secondary N) is 3. The Hall–Kier alpha value is -3.71. The van der Waals surface area contributed by atoms with Crippen LogP contribution in [0.1, 0.15) is 58.2 Å². The summed E-state index contributed by atoms with van der Waals surface area (Å²) in [6, 6.07) is 11.7. The minimum atomic E-state index is -4.64. The van der Waals surface area contributed by atoms with Crippen LogP contribution in [0.5, 0.6) is 0 Å². The van der Waals surface area contributed by atoms with E-state index in [0.29, 0.717) is 6.07 Å². The van der Waals surface area contributed by atoms with E-state index in [0.717, 1.165) is 17.7 Å². The monoisotopic (exact) mass is 652 g/mol. The molecule has 0 spiro atoms. The zero-order valence-electron chi connectivity index (χ0n) is 26.9. The number of alkyl halides is 3. The summed E-state index contributed by atoms with van der Waals surface area (Å²) in [4.78, 5) is 41.0. The van der Waals surface area contributed by atoms with Crippen molar-refractivity contribution in [2.45, 2.75) is 71.0 Å². The van der Waals surface area contributed by atoms with Gasteiger partial charge in [-0.3, -0.25) is 14.4 Å². The van der Waals surface area contributed by atoms with Crippen LogP contribution in [0, 0.1) is 5.41 Å². The summed E-state index contributed by atoms with van der Waals surface area (Å²) < 4.78 is 65.8. The second kappa shape index (κ2) is 14.6. The highest BCUT2D eigenvalue weighted by atomic mass is 32.2. The summed E-state index contributed by atoms with van der Waals surface area (Å²) in [5.41, 5.74) is -1.54. The Morgan fingerprint density at radius 3 is 2.02 bits per heavy atom. The minimum absolute atomic E-state index is 0.0292. The first-order valence-electron chi connectivity index (χ1n) is 14.3. The van der Waals surface area contributed by atoms with Gasteiger partial charge in [-0.15, -0.1) is 0 Å². The SMILES string of the molecule is CN[C@H](C(=O)NC(C(=O)N(C)C/C=C(\C)C(=O)NS(=O)(=O)Cc1cccc(C(F)(F)F)c1)C(C)(C)C)C(C)(C)c1ccccc1. The Morgan fingerprint density at radius 1 is 0.911 bits per heavy atom. The van der Waals surface area contributed by atoms with Gasteiger partial charge in [-0.1, -0.05) is 89.2 Å². The molecule has 0 aliphatic rings. The molecular formula is C32H43F3N4O5S. The average molecular weight is 653 g/mol. The number of nitrogens with zero attached hydrogens (tertiary/aromatic N) is 1. The molecule has 3 amide bonds. The number of benzene rings is 2. The van der Waals surface area contributed by atoms with Crippen molar-refractivity contribution < 1.29 is 36.0 Å². The van der Waals surface area contributed by atoms with E-state index in [4.69, 9.17) is 0 Å². The maximum atomic E-state index is 13.6. The average Bonchev–Trinajstić information content (AvgIpc) is 2.93. The molecule has 0 fully saturated rings. The summed E-state index contributed by atoms with van der Waals surface area (Å²) in [6.07, 6.45) is -3.29. The third-order valence-electron chi connectivity index (χ3n) is 7.45. The molecule has 2 rings (SSSR count). The smallest absolute Gasteiger partial charge is 0.342 e. The van der Waals surface area contributed by atoms with Crippen LogP contribution >= 0.6 is 0 Å². The summed E-state index contributed by atoms with van der Waals surface area (Å²) in [5, 5.41) is 5.97. The van der Waals surface area contributed by atoms with Gasteiger partial charge < -0.3 is 15.5 Å². The minimum Gasteiger partial charge on any atom is -0.342 e. The molecule has 0 saturated carbocycles. The maximum absolute atomic E-state index is 13.6. The van der Waals surface area contributed by atoms with Crippen molar-refractivity contribution in [1.82, 2.24) is 20.3 Å². The van der Waals surface area contributed by atoms with Crippen LogP contribution in [0.4, 0.5) is 13.2 Å². The lowest BCUT2D eigenvalue weighted by molar-refractivity contribution is -0.139. The fourth-order valence-corrected chi connectivity index (χ4v) is 5.85.